The maximum atomic E-state index is 12.6. The van der Waals surface area contributed by atoms with Crippen molar-refractivity contribution in [3.05, 3.63) is 53.5 Å². The number of benzene rings is 2. The molecular weight excluding hydrogens is 362 g/mol. The Balaban J connectivity index is 1.47. The van der Waals surface area contributed by atoms with Gasteiger partial charge >= 0.3 is 0 Å². The number of carbonyl (C=O) groups excluding carboxylic acids is 1. The minimum Gasteiger partial charge on any atom is -0.324 e. The Morgan fingerprint density at radius 1 is 1.27 bits per heavy atom. The molecule has 4 nitrogen and oxygen atoms in total. The molecule has 6 heteroatoms. The number of carbonyl (C=O) groups is 1. The van der Waals surface area contributed by atoms with Crippen LogP contribution in [0.5, 0.6) is 0 Å². The fraction of sp³-hybridized carbons (Fsp3) is 0.300. The van der Waals surface area contributed by atoms with Gasteiger partial charge in [0, 0.05) is 4.90 Å². The zero-order valence-corrected chi connectivity index (χ0v) is 16.3. The van der Waals surface area contributed by atoms with Crippen molar-refractivity contribution in [1.82, 2.24) is 9.88 Å². The van der Waals surface area contributed by atoms with Crippen molar-refractivity contribution >= 4 is 44.9 Å². The summed E-state index contributed by atoms with van der Waals surface area (Å²) in [6.07, 6.45) is 4.19. The van der Waals surface area contributed by atoms with Gasteiger partial charge in [-0.25, -0.2) is 4.98 Å². The molecule has 1 aliphatic rings. The predicted octanol–water partition coefficient (Wildman–Crippen LogP) is 4.79. The molecule has 1 amide bonds. The van der Waals surface area contributed by atoms with Crippen molar-refractivity contribution < 1.29 is 4.79 Å². The summed E-state index contributed by atoms with van der Waals surface area (Å²) < 4.78 is 1.22. The highest BCUT2D eigenvalue weighted by atomic mass is 32.2. The van der Waals surface area contributed by atoms with Gasteiger partial charge in [-0.2, -0.15) is 0 Å². The molecule has 1 aliphatic heterocycles. The molecule has 0 spiro atoms. The topological polar surface area (TPSA) is 45.2 Å². The number of nitrogens with one attached hydrogen (secondary N) is 1. The van der Waals surface area contributed by atoms with Crippen molar-refractivity contribution in [2.75, 3.05) is 24.7 Å². The normalized spacial score (nSPS) is 17.7. The number of fused-ring (bicyclic) bond motifs is 1. The Morgan fingerprint density at radius 3 is 2.92 bits per heavy atom. The number of aromatic nitrogens is 1. The summed E-state index contributed by atoms with van der Waals surface area (Å²) in [5, 5.41) is 4.19. The summed E-state index contributed by atoms with van der Waals surface area (Å²) in [6.45, 7) is 1.35. The van der Waals surface area contributed by atoms with Crippen LogP contribution in [0, 0.1) is 0 Å². The first-order chi connectivity index (χ1) is 12.7. The number of rotatable bonds is 5. The largest absolute Gasteiger partial charge is 0.324 e. The summed E-state index contributed by atoms with van der Waals surface area (Å²) in [4.78, 5) is 20.8. The molecule has 0 aliphatic carbocycles. The van der Waals surface area contributed by atoms with Gasteiger partial charge in [-0.15, -0.1) is 23.1 Å². The van der Waals surface area contributed by atoms with E-state index in [1.165, 1.54) is 4.70 Å². The Morgan fingerprint density at radius 2 is 2.08 bits per heavy atom. The lowest BCUT2D eigenvalue weighted by Crippen LogP contribution is -2.33. The van der Waals surface area contributed by atoms with E-state index in [2.05, 4.69) is 22.3 Å². The van der Waals surface area contributed by atoms with E-state index in [4.69, 9.17) is 4.98 Å². The third-order valence-electron chi connectivity index (χ3n) is 4.69. The summed E-state index contributed by atoms with van der Waals surface area (Å²) in [6, 6.07) is 16.4. The molecule has 0 radical (unpaired) electrons. The number of nitrogens with zero attached hydrogens (tertiary/aromatic N) is 2. The first-order valence-corrected chi connectivity index (χ1v) is 10.8. The van der Waals surface area contributed by atoms with E-state index in [1.807, 2.05) is 42.7 Å². The number of amides is 1. The minimum atomic E-state index is 0.0412. The van der Waals surface area contributed by atoms with Gasteiger partial charge in [-0.3, -0.25) is 9.69 Å². The van der Waals surface area contributed by atoms with Crippen molar-refractivity contribution in [2.45, 2.75) is 23.8 Å². The van der Waals surface area contributed by atoms with E-state index in [0.29, 0.717) is 6.54 Å². The molecule has 0 unspecified atom stereocenters. The number of para-hydroxylation sites is 2. The van der Waals surface area contributed by atoms with Crippen LogP contribution in [-0.2, 0) is 4.79 Å². The lowest BCUT2D eigenvalue weighted by molar-refractivity contribution is -0.117. The van der Waals surface area contributed by atoms with E-state index >= 15 is 0 Å². The molecular formula is C20H21N3OS2. The second-order valence-electron chi connectivity index (χ2n) is 6.40. The van der Waals surface area contributed by atoms with Gasteiger partial charge in [0.25, 0.3) is 0 Å². The summed E-state index contributed by atoms with van der Waals surface area (Å²) in [5.74, 6) is 0.0412. The van der Waals surface area contributed by atoms with Crippen LogP contribution in [0.1, 0.15) is 23.9 Å². The average molecular weight is 384 g/mol. The monoisotopic (exact) mass is 383 g/mol. The third kappa shape index (κ3) is 3.63. The molecule has 4 rings (SSSR count). The number of thioether (sulfide) groups is 1. The number of hydrogen-bond donors (Lipinski definition) is 1. The highest BCUT2D eigenvalue weighted by molar-refractivity contribution is 7.98. The van der Waals surface area contributed by atoms with Crippen LogP contribution in [0.2, 0.25) is 0 Å². The smallest absolute Gasteiger partial charge is 0.238 e. The van der Waals surface area contributed by atoms with Crippen LogP contribution in [0.3, 0.4) is 0 Å². The van der Waals surface area contributed by atoms with Crippen LogP contribution >= 0.6 is 23.1 Å². The molecule has 1 N–H and O–H groups in total. The molecule has 3 aromatic rings. The molecule has 2 heterocycles. The predicted molar refractivity (Wildman–Crippen MR) is 110 cm³/mol. The Bertz CT molecular complexity index is 891. The molecule has 1 aromatic heterocycles. The van der Waals surface area contributed by atoms with Crippen molar-refractivity contribution in [1.29, 1.82) is 0 Å². The second kappa shape index (κ2) is 7.78. The minimum absolute atomic E-state index is 0.0412. The zero-order valence-electron chi connectivity index (χ0n) is 14.6. The quantitative estimate of drug-likeness (QED) is 0.643. The SMILES string of the molecule is CSc1ccccc1NC(=O)CN1CCC[C@H]1c1nc2ccccc2s1. The molecule has 0 bridgehead atoms. The summed E-state index contributed by atoms with van der Waals surface area (Å²) in [5.41, 5.74) is 1.94. The van der Waals surface area contributed by atoms with Crippen LogP contribution in [-0.4, -0.2) is 35.1 Å². The van der Waals surface area contributed by atoms with E-state index < -0.39 is 0 Å². The Kier molecular flexibility index (Phi) is 5.24. The fourth-order valence-electron chi connectivity index (χ4n) is 3.45. The number of likely N-dealkylation sites (tertiary alicyclic amines) is 1. The molecule has 134 valence electrons. The van der Waals surface area contributed by atoms with E-state index in [1.54, 1.807) is 23.1 Å². The van der Waals surface area contributed by atoms with Gasteiger partial charge in [0.1, 0.15) is 5.01 Å². The van der Waals surface area contributed by atoms with Gasteiger partial charge in [-0.05, 0) is 49.9 Å². The molecule has 1 fully saturated rings. The maximum absolute atomic E-state index is 12.6. The van der Waals surface area contributed by atoms with E-state index in [0.717, 1.165) is 40.5 Å². The molecule has 2 aromatic carbocycles. The van der Waals surface area contributed by atoms with Crippen LogP contribution in [0.25, 0.3) is 10.2 Å². The van der Waals surface area contributed by atoms with Crippen LogP contribution in [0.15, 0.2) is 53.4 Å². The van der Waals surface area contributed by atoms with Crippen molar-refractivity contribution in [3.63, 3.8) is 0 Å². The summed E-state index contributed by atoms with van der Waals surface area (Å²) in [7, 11) is 0. The first kappa shape index (κ1) is 17.5. The van der Waals surface area contributed by atoms with Gasteiger partial charge in [0.05, 0.1) is 28.5 Å². The lowest BCUT2D eigenvalue weighted by atomic mass is 10.2. The zero-order chi connectivity index (χ0) is 17.9. The van der Waals surface area contributed by atoms with Gasteiger partial charge in [-0.1, -0.05) is 24.3 Å². The molecule has 26 heavy (non-hydrogen) atoms. The van der Waals surface area contributed by atoms with Crippen molar-refractivity contribution in [3.8, 4) is 0 Å². The van der Waals surface area contributed by atoms with E-state index in [-0.39, 0.29) is 11.9 Å². The average Bonchev–Trinajstić information content (AvgIpc) is 3.28. The summed E-state index contributed by atoms with van der Waals surface area (Å²) >= 11 is 3.39. The number of anilines is 1. The highest BCUT2D eigenvalue weighted by Gasteiger charge is 2.30. The second-order valence-corrected chi connectivity index (χ2v) is 8.31. The van der Waals surface area contributed by atoms with Crippen LogP contribution in [0.4, 0.5) is 5.69 Å². The standard InChI is InChI=1S/C20H21N3OS2/c1-25-17-10-4-2-7-14(17)21-19(24)13-23-12-6-9-16(23)20-22-15-8-3-5-11-18(15)26-20/h2-5,7-8,10-11,16H,6,9,12-13H2,1H3,(H,21,24)/t16-/m0/s1. The van der Waals surface area contributed by atoms with Crippen LogP contribution < -0.4 is 5.32 Å². The number of thiazole rings is 1. The maximum Gasteiger partial charge on any atom is 0.238 e. The Labute approximate surface area is 161 Å². The Hall–Kier alpha value is -1.89. The first-order valence-electron chi connectivity index (χ1n) is 8.77. The third-order valence-corrected chi connectivity index (χ3v) is 6.62. The lowest BCUT2D eigenvalue weighted by Gasteiger charge is -2.22. The highest BCUT2D eigenvalue weighted by Crippen LogP contribution is 2.36. The van der Waals surface area contributed by atoms with Crippen molar-refractivity contribution in [2.24, 2.45) is 0 Å². The van der Waals surface area contributed by atoms with Gasteiger partial charge < -0.3 is 5.32 Å². The molecule has 1 saturated heterocycles. The van der Waals surface area contributed by atoms with Gasteiger partial charge in [0.15, 0.2) is 0 Å². The molecule has 0 saturated carbocycles. The van der Waals surface area contributed by atoms with E-state index in [9.17, 15) is 4.79 Å². The fourth-order valence-corrected chi connectivity index (χ4v) is 5.14. The number of hydrogen-bond acceptors (Lipinski definition) is 5. The van der Waals surface area contributed by atoms with Gasteiger partial charge in [0.2, 0.25) is 5.91 Å². The molecule has 1 atom stereocenters.